The van der Waals surface area contributed by atoms with E-state index in [1.54, 1.807) is 6.92 Å². The van der Waals surface area contributed by atoms with Gasteiger partial charge in [0, 0.05) is 5.57 Å². The predicted octanol–water partition coefficient (Wildman–Crippen LogP) is 4.47. The van der Waals surface area contributed by atoms with Crippen LogP contribution in [0.5, 0.6) is 0 Å². The Hall–Kier alpha value is -0.830. The van der Waals surface area contributed by atoms with Gasteiger partial charge in [-0.1, -0.05) is 38.7 Å². The summed E-state index contributed by atoms with van der Waals surface area (Å²) >= 11 is 0. The van der Waals surface area contributed by atoms with Crippen LogP contribution in [0, 0.1) is 17.8 Å². The average molecular weight is 294 g/mol. The van der Waals surface area contributed by atoms with E-state index in [2.05, 4.69) is 6.58 Å². The van der Waals surface area contributed by atoms with Crippen LogP contribution < -0.4 is 0 Å². The van der Waals surface area contributed by atoms with E-state index < -0.39 is 0 Å². The van der Waals surface area contributed by atoms with Gasteiger partial charge in [-0.05, 0) is 50.4 Å². The van der Waals surface area contributed by atoms with Crippen LogP contribution in [-0.4, -0.2) is 19.4 Å². The minimum Gasteiger partial charge on any atom is -0.435 e. The summed E-state index contributed by atoms with van der Waals surface area (Å²) in [4.78, 5) is 11.2. The van der Waals surface area contributed by atoms with Crippen LogP contribution in [0.3, 0.4) is 0 Å². The third kappa shape index (κ3) is 5.46. The Labute approximate surface area is 129 Å². The summed E-state index contributed by atoms with van der Waals surface area (Å²) in [6.45, 7) is 5.98. The van der Waals surface area contributed by atoms with Gasteiger partial charge in [-0.2, -0.15) is 0 Å². The minimum atomic E-state index is -0.365. The van der Waals surface area contributed by atoms with E-state index in [-0.39, 0.29) is 12.8 Å². The molecule has 2 fully saturated rings. The maximum absolute atomic E-state index is 11.2. The first-order chi connectivity index (χ1) is 10.2. The molecular formula is C18H30O3. The molecule has 3 nitrogen and oxygen atoms in total. The van der Waals surface area contributed by atoms with E-state index in [4.69, 9.17) is 9.47 Å². The molecule has 0 unspecified atom stereocenters. The molecule has 0 aromatic rings. The van der Waals surface area contributed by atoms with Crippen molar-refractivity contribution in [3.05, 3.63) is 12.2 Å². The molecule has 0 aromatic heterocycles. The van der Waals surface area contributed by atoms with E-state index >= 15 is 0 Å². The third-order valence-corrected chi connectivity index (χ3v) is 5.18. The zero-order chi connectivity index (χ0) is 15.1. The first-order valence-corrected chi connectivity index (χ1v) is 8.57. The summed E-state index contributed by atoms with van der Waals surface area (Å²) < 4.78 is 10.4. The SMILES string of the molecule is C=C(C)C(=O)OCOCC1CCC(C2CCCCC2)CC1. The second-order valence-electron chi connectivity index (χ2n) is 6.88. The van der Waals surface area contributed by atoms with Crippen LogP contribution in [-0.2, 0) is 14.3 Å². The molecule has 2 aliphatic rings. The normalized spacial score (nSPS) is 27.3. The minimum absolute atomic E-state index is 0.0637. The van der Waals surface area contributed by atoms with Gasteiger partial charge in [0.25, 0.3) is 0 Å². The molecule has 21 heavy (non-hydrogen) atoms. The Morgan fingerprint density at radius 1 is 1.00 bits per heavy atom. The molecule has 0 heterocycles. The fourth-order valence-corrected chi connectivity index (χ4v) is 3.87. The Kier molecular flexibility index (Phi) is 6.75. The molecule has 0 amide bonds. The summed E-state index contributed by atoms with van der Waals surface area (Å²) in [6.07, 6.45) is 12.5. The Morgan fingerprint density at radius 2 is 1.62 bits per heavy atom. The van der Waals surface area contributed by atoms with Crippen molar-refractivity contribution >= 4 is 5.97 Å². The standard InChI is InChI=1S/C18H30O3/c1-14(2)18(19)21-13-20-12-15-8-10-17(11-9-15)16-6-4-3-5-7-16/h15-17H,1,3-13H2,2H3. The molecule has 0 aromatic carbocycles. The molecule has 0 spiro atoms. The van der Waals surface area contributed by atoms with Gasteiger partial charge in [-0.3, -0.25) is 0 Å². The smallest absolute Gasteiger partial charge is 0.335 e. The highest BCUT2D eigenvalue weighted by Crippen LogP contribution is 2.39. The summed E-state index contributed by atoms with van der Waals surface area (Å²) in [5.41, 5.74) is 0.423. The first kappa shape index (κ1) is 16.5. The number of ether oxygens (including phenoxy) is 2. The Morgan fingerprint density at radius 3 is 2.24 bits per heavy atom. The van der Waals surface area contributed by atoms with Crippen molar-refractivity contribution in [3.63, 3.8) is 0 Å². The maximum atomic E-state index is 11.2. The lowest BCUT2D eigenvalue weighted by Gasteiger charge is -2.35. The molecule has 0 saturated heterocycles. The largest absolute Gasteiger partial charge is 0.435 e. The highest BCUT2D eigenvalue weighted by Gasteiger charge is 2.28. The van der Waals surface area contributed by atoms with E-state index in [0.29, 0.717) is 11.5 Å². The van der Waals surface area contributed by atoms with Crippen LogP contribution in [0.15, 0.2) is 12.2 Å². The van der Waals surface area contributed by atoms with Crippen molar-refractivity contribution in [2.45, 2.75) is 64.7 Å². The van der Waals surface area contributed by atoms with Crippen LogP contribution in [0.1, 0.15) is 64.7 Å². The van der Waals surface area contributed by atoms with E-state index in [1.165, 1.54) is 57.8 Å². The van der Waals surface area contributed by atoms with Crippen molar-refractivity contribution in [3.8, 4) is 0 Å². The van der Waals surface area contributed by atoms with Crippen LogP contribution in [0.2, 0.25) is 0 Å². The number of hydrogen-bond donors (Lipinski definition) is 0. The Bertz CT molecular complexity index is 336. The van der Waals surface area contributed by atoms with Gasteiger partial charge in [-0.25, -0.2) is 4.79 Å². The zero-order valence-corrected chi connectivity index (χ0v) is 13.4. The van der Waals surface area contributed by atoms with Crippen LogP contribution in [0.25, 0.3) is 0 Å². The molecule has 120 valence electrons. The number of hydrogen-bond acceptors (Lipinski definition) is 3. The first-order valence-electron chi connectivity index (χ1n) is 8.57. The highest BCUT2D eigenvalue weighted by atomic mass is 16.7. The molecule has 0 bridgehead atoms. The third-order valence-electron chi connectivity index (χ3n) is 5.18. The lowest BCUT2D eigenvalue weighted by molar-refractivity contribution is -0.152. The molecular weight excluding hydrogens is 264 g/mol. The summed E-state index contributed by atoms with van der Waals surface area (Å²) in [7, 11) is 0. The van der Waals surface area contributed by atoms with Crippen molar-refractivity contribution in [1.29, 1.82) is 0 Å². The van der Waals surface area contributed by atoms with Gasteiger partial charge in [-0.15, -0.1) is 0 Å². The predicted molar refractivity (Wildman–Crippen MR) is 83.7 cm³/mol. The maximum Gasteiger partial charge on any atom is 0.335 e. The number of carbonyl (C=O) groups excluding carboxylic acids is 1. The molecule has 0 radical (unpaired) electrons. The lowest BCUT2D eigenvalue weighted by atomic mass is 9.71. The fourth-order valence-electron chi connectivity index (χ4n) is 3.87. The second-order valence-corrected chi connectivity index (χ2v) is 6.88. The summed E-state index contributed by atoms with van der Waals surface area (Å²) in [5, 5.41) is 0. The molecule has 0 aliphatic heterocycles. The van der Waals surface area contributed by atoms with Gasteiger partial charge in [0.15, 0.2) is 6.79 Å². The van der Waals surface area contributed by atoms with Gasteiger partial charge in [0.2, 0.25) is 0 Å². The summed E-state index contributed by atoms with van der Waals surface area (Å²) in [5.74, 6) is 2.24. The Balaban J connectivity index is 1.56. The van der Waals surface area contributed by atoms with Crippen LogP contribution in [0.4, 0.5) is 0 Å². The fraction of sp³-hybridized carbons (Fsp3) is 0.833. The molecule has 2 saturated carbocycles. The van der Waals surface area contributed by atoms with Crippen molar-refractivity contribution in [2.24, 2.45) is 17.8 Å². The number of rotatable bonds is 6. The number of carbonyl (C=O) groups is 1. The van der Waals surface area contributed by atoms with E-state index in [1.807, 2.05) is 0 Å². The quantitative estimate of drug-likeness (QED) is 0.314. The van der Waals surface area contributed by atoms with Gasteiger partial charge >= 0.3 is 5.97 Å². The molecule has 0 atom stereocenters. The van der Waals surface area contributed by atoms with Crippen molar-refractivity contribution in [2.75, 3.05) is 13.4 Å². The second kappa shape index (κ2) is 8.57. The number of esters is 1. The van der Waals surface area contributed by atoms with E-state index in [0.717, 1.165) is 18.4 Å². The topological polar surface area (TPSA) is 35.5 Å². The zero-order valence-electron chi connectivity index (χ0n) is 13.4. The molecule has 2 rings (SSSR count). The van der Waals surface area contributed by atoms with Gasteiger partial charge in [0.05, 0.1) is 6.61 Å². The average Bonchev–Trinajstić information content (AvgIpc) is 2.52. The molecule has 3 heteroatoms. The molecule has 2 aliphatic carbocycles. The van der Waals surface area contributed by atoms with E-state index in [9.17, 15) is 4.79 Å². The monoisotopic (exact) mass is 294 g/mol. The lowest BCUT2D eigenvalue weighted by Crippen LogP contribution is -2.25. The van der Waals surface area contributed by atoms with Crippen molar-refractivity contribution < 1.29 is 14.3 Å². The molecule has 0 N–H and O–H groups in total. The summed E-state index contributed by atoms with van der Waals surface area (Å²) in [6, 6.07) is 0. The van der Waals surface area contributed by atoms with Crippen molar-refractivity contribution in [1.82, 2.24) is 0 Å². The highest BCUT2D eigenvalue weighted by molar-refractivity contribution is 5.86. The van der Waals surface area contributed by atoms with Crippen LogP contribution >= 0.6 is 0 Å². The van der Waals surface area contributed by atoms with Gasteiger partial charge < -0.3 is 9.47 Å². The van der Waals surface area contributed by atoms with Gasteiger partial charge in [0.1, 0.15) is 0 Å².